The minimum absolute atomic E-state index is 0.155. The minimum Gasteiger partial charge on any atom is -0.368 e. The molecule has 158 valence electrons. The highest BCUT2D eigenvalue weighted by atomic mass is 35.5. The van der Waals surface area contributed by atoms with Crippen LogP contribution in [-0.4, -0.2) is 56.3 Å². The van der Waals surface area contributed by atoms with Crippen LogP contribution in [0.3, 0.4) is 0 Å². The second-order valence-electron chi connectivity index (χ2n) is 7.38. The summed E-state index contributed by atoms with van der Waals surface area (Å²) >= 11 is 13.6. The molecular weight excluding hydrogens is 444 g/mol. The zero-order chi connectivity index (χ0) is 21.3. The van der Waals surface area contributed by atoms with Crippen LogP contribution in [-0.2, 0) is 4.79 Å². The molecule has 2 heterocycles. The monoisotopic (exact) mass is 465 g/mol. The van der Waals surface area contributed by atoms with E-state index in [2.05, 4.69) is 16.8 Å². The summed E-state index contributed by atoms with van der Waals surface area (Å²) in [5.74, 6) is 0.243. The topological polar surface area (TPSA) is 26.8 Å². The predicted molar refractivity (Wildman–Crippen MR) is 125 cm³/mol. The zero-order valence-corrected chi connectivity index (χ0v) is 18.9. The Hall–Kier alpha value is -1.73. The highest BCUT2D eigenvalue weighted by molar-refractivity contribution is 8.04. The maximum atomic E-state index is 14.8. The highest BCUT2D eigenvalue weighted by Gasteiger charge is 2.27. The molecule has 0 spiro atoms. The Kier molecular flexibility index (Phi) is 6.58. The van der Waals surface area contributed by atoms with Crippen molar-refractivity contribution in [1.29, 1.82) is 0 Å². The van der Waals surface area contributed by atoms with Gasteiger partial charge in [0, 0.05) is 55.4 Å². The van der Waals surface area contributed by atoms with Gasteiger partial charge in [0.2, 0.25) is 0 Å². The smallest absolute Gasteiger partial charge is 0.264 e. The summed E-state index contributed by atoms with van der Waals surface area (Å²) in [7, 11) is 2.08. The maximum absolute atomic E-state index is 14.8. The molecule has 1 amide bonds. The van der Waals surface area contributed by atoms with Crippen molar-refractivity contribution in [1.82, 2.24) is 4.90 Å². The van der Waals surface area contributed by atoms with E-state index >= 15 is 0 Å². The lowest BCUT2D eigenvalue weighted by molar-refractivity contribution is -0.114. The standard InChI is InChI=1S/C22H22Cl2FN3OS/c1-26-7-9-27(10-8-26)20-4-2-3-19(25)16(20)14-21-22(29)28(11-12-30-21)15-5-6-17(23)18(24)13-15/h2-6,13-14H,7-12H2,1H3/b21-14-. The molecule has 0 radical (unpaired) electrons. The van der Waals surface area contributed by atoms with Crippen molar-refractivity contribution in [3.63, 3.8) is 0 Å². The molecule has 8 heteroatoms. The summed E-state index contributed by atoms with van der Waals surface area (Å²) in [5, 5.41) is 0.843. The van der Waals surface area contributed by atoms with Crippen LogP contribution in [0, 0.1) is 5.82 Å². The van der Waals surface area contributed by atoms with Crippen LogP contribution in [0.1, 0.15) is 5.56 Å². The molecule has 30 heavy (non-hydrogen) atoms. The number of halogens is 3. The number of anilines is 2. The van der Waals surface area contributed by atoms with E-state index in [-0.39, 0.29) is 11.7 Å². The summed E-state index contributed by atoms with van der Waals surface area (Å²) < 4.78 is 14.8. The Morgan fingerprint density at radius 3 is 2.53 bits per heavy atom. The van der Waals surface area contributed by atoms with Gasteiger partial charge in [0.15, 0.2) is 0 Å². The molecule has 2 aliphatic heterocycles. The molecular formula is C22H22Cl2FN3OS. The zero-order valence-electron chi connectivity index (χ0n) is 16.6. The van der Waals surface area contributed by atoms with Gasteiger partial charge in [-0.15, -0.1) is 11.8 Å². The minimum atomic E-state index is -0.320. The number of carbonyl (C=O) groups is 1. The lowest BCUT2D eigenvalue weighted by Gasteiger charge is -2.35. The molecule has 2 aromatic rings. The first kappa shape index (κ1) is 21.5. The summed E-state index contributed by atoms with van der Waals surface area (Å²) in [6.45, 7) is 4.05. The Morgan fingerprint density at radius 1 is 1.03 bits per heavy atom. The molecule has 2 saturated heterocycles. The van der Waals surface area contributed by atoms with Gasteiger partial charge in [-0.3, -0.25) is 4.79 Å². The van der Waals surface area contributed by atoms with Gasteiger partial charge in [-0.05, 0) is 43.5 Å². The van der Waals surface area contributed by atoms with Crippen molar-refractivity contribution in [3.8, 4) is 0 Å². The van der Waals surface area contributed by atoms with Crippen molar-refractivity contribution < 1.29 is 9.18 Å². The van der Waals surface area contributed by atoms with Gasteiger partial charge < -0.3 is 14.7 Å². The fraction of sp³-hybridized carbons (Fsp3) is 0.318. The number of benzene rings is 2. The van der Waals surface area contributed by atoms with Crippen LogP contribution in [0.25, 0.3) is 6.08 Å². The highest BCUT2D eigenvalue weighted by Crippen LogP contribution is 2.35. The molecule has 2 aromatic carbocycles. The van der Waals surface area contributed by atoms with Crippen LogP contribution < -0.4 is 9.80 Å². The molecule has 2 aliphatic rings. The van der Waals surface area contributed by atoms with Gasteiger partial charge >= 0.3 is 0 Å². The van der Waals surface area contributed by atoms with E-state index in [1.807, 2.05) is 6.07 Å². The van der Waals surface area contributed by atoms with Crippen molar-refractivity contribution in [3.05, 3.63) is 62.7 Å². The third-order valence-corrected chi connectivity index (χ3v) is 7.12. The summed E-state index contributed by atoms with van der Waals surface area (Å²) in [6.07, 6.45) is 1.69. The van der Waals surface area contributed by atoms with Crippen molar-refractivity contribution in [2.75, 3.05) is 55.3 Å². The second-order valence-corrected chi connectivity index (χ2v) is 9.33. The quantitative estimate of drug-likeness (QED) is 0.595. The third kappa shape index (κ3) is 4.47. The predicted octanol–water partition coefficient (Wildman–Crippen LogP) is 5.01. The van der Waals surface area contributed by atoms with Crippen molar-refractivity contribution in [2.24, 2.45) is 0 Å². The summed E-state index contributed by atoms with van der Waals surface area (Å²) in [4.78, 5) is 19.8. The Balaban J connectivity index is 1.66. The van der Waals surface area contributed by atoms with Gasteiger partial charge in [-0.1, -0.05) is 29.3 Å². The number of hydrogen-bond acceptors (Lipinski definition) is 4. The van der Waals surface area contributed by atoms with E-state index in [0.717, 1.165) is 37.6 Å². The third-order valence-electron chi connectivity index (χ3n) is 5.39. The lowest BCUT2D eigenvalue weighted by atomic mass is 10.1. The number of amides is 1. The Morgan fingerprint density at radius 2 is 1.80 bits per heavy atom. The largest absolute Gasteiger partial charge is 0.368 e. The van der Waals surface area contributed by atoms with Gasteiger partial charge in [0.25, 0.3) is 5.91 Å². The Labute approximate surface area is 190 Å². The Bertz CT molecular complexity index is 992. The first-order valence-electron chi connectivity index (χ1n) is 9.77. The van der Waals surface area contributed by atoms with E-state index in [9.17, 15) is 9.18 Å². The first-order valence-corrected chi connectivity index (χ1v) is 11.5. The van der Waals surface area contributed by atoms with Crippen LogP contribution in [0.15, 0.2) is 41.3 Å². The molecule has 2 fully saturated rings. The number of nitrogens with zero attached hydrogens (tertiary/aromatic N) is 3. The second kappa shape index (κ2) is 9.18. The van der Waals surface area contributed by atoms with E-state index < -0.39 is 0 Å². The van der Waals surface area contributed by atoms with Crippen LogP contribution in [0.5, 0.6) is 0 Å². The number of thioether (sulfide) groups is 1. The SMILES string of the molecule is CN1CCN(c2cccc(F)c2/C=C2\SCCN(c3ccc(Cl)c(Cl)c3)C2=O)CC1. The molecule has 0 aromatic heterocycles. The number of rotatable bonds is 3. The van der Waals surface area contributed by atoms with Gasteiger partial charge in [-0.25, -0.2) is 4.39 Å². The average Bonchev–Trinajstić information content (AvgIpc) is 2.74. The fourth-order valence-electron chi connectivity index (χ4n) is 3.67. The lowest BCUT2D eigenvalue weighted by Crippen LogP contribution is -2.44. The maximum Gasteiger partial charge on any atom is 0.264 e. The van der Waals surface area contributed by atoms with E-state index in [4.69, 9.17) is 23.2 Å². The van der Waals surface area contributed by atoms with Crippen LogP contribution >= 0.6 is 35.0 Å². The van der Waals surface area contributed by atoms with E-state index in [1.54, 1.807) is 35.2 Å². The molecule has 0 N–H and O–H groups in total. The van der Waals surface area contributed by atoms with Gasteiger partial charge in [-0.2, -0.15) is 0 Å². The fourth-order valence-corrected chi connectivity index (χ4v) is 4.89. The van der Waals surface area contributed by atoms with Gasteiger partial charge in [0.05, 0.1) is 15.0 Å². The summed E-state index contributed by atoms with van der Waals surface area (Å²) in [6, 6.07) is 10.2. The summed E-state index contributed by atoms with van der Waals surface area (Å²) in [5.41, 5.74) is 1.98. The average molecular weight is 466 g/mol. The molecule has 0 aliphatic carbocycles. The molecule has 4 rings (SSSR count). The van der Waals surface area contributed by atoms with E-state index in [0.29, 0.717) is 32.7 Å². The van der Waals surface area contributed by atoms with E-state index in [1.165, 1.54) is 17.8 Å². The van der Waals surface area contributed by atoms with Crippen LogP contribution in [0.4, 0.5) is 15.8 Å². The van der Waals surface area contributed by atoms with Crippen molar-refractivity contribution >= 4 is 58.3 Å². The molecule has 0 saturated carbocycles. The molecule has 4 nitrogen and oxygen atoms in total. The number of piperazine rings is 1. The number of carbonyl (C=O) groups excluding carboxylic acids is 1. The normalized spacial score (nSPS) is 19.6. The first-order chi connectivity index (χ1) is 14.4. The van der Waals surface area contributed by atoms with Gasteiger partial charge in [0.1, 0.15) is 5.82 Å². The van der Waals surface area contributed by atoms with Crippen molar-refractivity contribution in [2.45, 2.75) is 0 Å². The molecule has 0 unspecified atom stereocenters. The molecule has 0 atom stereocenters. The molecule has 0 bridgehead atoms. The number of hydrogen-bond donors (Lipinski definition) is 0. The number of likely N-dealkylation sites (N-methyl/N-ethyl adjacent to an activating group) is 1. The van der Waals surface area contributed by atoms with Crippen LogP contribution in [0.2, 0.25) is 10.0 Å².